The number of nitrogens with one attached hydrogen (secondary N) is 1. The lowest BCUT2D eigenvalue weighted by molar-refractivity contribution is -0.136. The minimum absolute atomic E-state index is 0.0110. The van der Waals surface area contributed by atoms with E-state index in [2.05, 4.69) is 21.9 Å². The van der Waals surface area contributed by atoms with Crippen LogP contribution in [0.2, 0.25) is 0 Å². The third-order valence-electron chi connectivity index (χ3n) is 4.08. The van der Waals surface area contributed by atoms with Gasteiger partial charge in [-0.1, -0.05) is 31.3 Å². The molecular weight excluding hydrogens is 310 g/mol. The van der Waals surface area contributed by atoms with Crippen LogP contribution in [0.15, 0.2) is 16.9 Å². The van der Waals surface area contributed by atoms with Crippen LogP contribution < -0.4 is 5.32 Å². The molecule has 24 heavy (non-hydrogen) atoms. The van der Waals surface area contributed by atoms with Crippen molar-refractivity contribution >= 4 is 17.6 Å². The minimum Gasteiger partial charge on any atom is -0.376 e. The highest BCUT2D eigenvalue weighted by molar-refractivity contribution is 5.93. The molecule has 1 fully saturated rings. The smallest absolute Gasteiger partial charge is 0.245 e. The normalized spacial score (nSPS) is 17.0. The first-order chi connectivity index (χ1) is 11.7. The molecule has 2 amide bonds. The quantitative estimate of drug-likeness (QED) is 0.663. The second kappa shape index (κ2) is 10.1. The first-order valence-corrected chi connectivity index (χ1v) is 8.78. The Bertz CT molecular complexity index is 498. The fraction of sp³-hybridized carbons (Fsp3) is 0.706. The third-order valence-corrected chi connectivity index (χ3v) is 4.08. The number of hydrogen-bond acceptors (Lipinski definition) is 5. The molecule has 1 saturated heterocycles. The zero-order chi connectivity index (χ0) is 17.2. The van der Waals surface area contributed by atoms with Crippen molar-refractivity contribution in [1.82, 2.24) is 10.1 Å². The summed E-state index contributed by atoms with van der Waals surface area (Å²) in [6.45, 7) is 3.35. The minimum atomic E-state index is -0.274. The van der Waals surface area contributed by atoms with Gasteiger partial charge >= 0.3 is 0 Å². The molecule has 0 saturated carbocycles. The van der Waals surface area contributed by atoms with Gasteiger partial charge in [-0.2, -0.15) is 0 Å². The highest BCUT2D eigenvalue weighted by Gasteiger charge is 2.24. The molecule has 1 aromatic heterocycles. The molecule has 1 N–H and O–H groups in total. The molecule has 1 aliphatic heterocycles. The molecule has 0 aliphatic carbocycles. The molecule has 1 aromatic rings. The Hall–Kier alpha value is -1.89. The van der Waals surface area contributed by atoms with Gasteiger partial charge in [-0.3, -0.25) is 9.59 Å². The summed E-state index contributed by atoms with van der Waals surface area (Å²) in [6.07, 6.45) is 8.01. The van der Waals surface area contributed by atoms with Crippen LogP contribution in [0.4, 0.5) is 5.82 Å². The molecule has 0 spiro atoms. The number of ether oxygens (including phenoxy) is 1. The molecule has 7 nitrogen and oxygen atoms in total. The maximum Gasteiger partial charge on any atom is 0.245 e. The highest BCUT2D eigenvalue weighted by Crippen LogP contribution is 2.15. The molecule has 0 radical (unpaired) electrons. The van der Waals surface area contributed by atoms with Crippen molar-refractivity contribution in [3.63, 3.8) is 0 Å². The number of hydrogen-bond donors (Lipinski definition) is 1. The summed E-state index contributed by atoms with van der Waals surface area (Å²) in [5, 5.41) is 6.28. The highest BCUT2D eigenvalue weighted by atomic mass is 16.5. The summed E-state index contributed by atoms with van der Waals surface area (Å²) < 4.78 is 10.3. The van der Waals surface area contributed by atoms with E-state index in [4.69, 9.17) is 4.74 Å². The van der Waals surface area contributed by atoms with Crippen LogP contribution in [0.5, 0.6) is 0 Å². The zero-order valence-corrected chi connectivity index (χ0v) is 14.3. The Morgan fingerprint density at radius 2 is 2.25 bits per heavy atom. The van der Waals surface area contributed by atoms with E-state index in [0.717, 1.165) is 45.1 Å². The Labute approximate surface area is 142 Å². The first-order valence-electron chi connectivity index (χ1n) is 8.78. The van der Waals surface area contributed by atoms with Crippen molar-refractivity contribution in [1.29, 1.82) is 0 Å². The Morgan fingerprint density at radius 1 is 1.38 bits per heavy atom. The summed E-state index contributed by atoms with van der Waals surface area (Å²) in [6, 6.07) is 1.56. The lowest BCUT2D eigenvalue weighted by Gasteiger charge is -2.25. The van der Waals surface area contributed by atoms with Gasteiger partial charge < -0.3 is 19.5 Å². The largest absolute Gasteiger partial charge is 0.376 e. The van der Waals surface area contributed by atoms with E-state index in [-0.39, 0.29) is 24.5 Å². The number of unbranched alkanes of at least 4 members (excludes halogenated alkanes) is 3. The predicted molar refractivity (Wildman–Crippen MR) is 89.4 cm³/mol. The van der Waals surface area contributed by atoms with E-state index in [0.29, 0.717) is 18.8 Å². The number of rotatable bonds is 10. The molecule has 0 bridgehead atoms. The molecule has 1 atom stereocenters. The number of aromatic nitrogens is 1. The van der Waals surface area contributed by atoms with E-state index in [9.17, 15) is 9.59 Å². The third kappa shape index (κ3) is 6.31. The Kier molecular flexibility index (Phi) is 7.74. The number of carbonyl (C=O) groups excluding carboxylic acids is 2. The fourth-order valence-corrected chi connectivity index (χ4v) is 2.78. The van der Waals surface area contributed by atoms with Crippen LogP contribution in [0.25, 0.3) is 0 Å². The van der Waals surface area contributed by atoms with Crippen molar-refractivity contribution in [3.8, 4) is 0 Å². The number of anilines is 1. The fourth-order valence-electron chi connectivity index (χ4n) is 2.78. The molecule has 2 heterocycles. The number of carbonyl (C=O) groups is 2. The molecule has 0 aromatic carbocycles. The predicted octanol–water partition coefficient (Wildman–Crippen LogP) is 2.59. The van der Waals surface area contributed by atoms with Crippen LogP contribution in [0, 0.1) is 0 Å². The topological polar surface area (TPSA) is 84.7 Å². The van der Waals surface area contributed by atoms with E-state index < -0.39 is 0 Å². The molecule has 1 aliphatic rings. The Balaban J connectivity index is 1.85. The molecule has 7 heteroatoms. The maximum absolute atomic E-state index is 12.5. The second-order valence-corrected chi connectivity index (χ2v) is 6.15. The monoisotopic (exact) mass is 337 g/mol. The molecular formula is C17H27N3O4. The van der Waals surface area contributed by atoms with E-state index >= 15 is 0 Å². The van der Waals surface area contributed by atoms with Crippen LogP contribution in [-0.2, 0) is 14.3 Å². The molecule has 134 valence electrons. The maximum atomic E-state index is 12.5. The van der Waals surface area contributed by atoms with Crippen molar-refractivity contribution in [2.75, 3.05) is 25.0 Å². The van der Waals surface area contributed by atoms with Gasteiger partial charge in [0.15, 0.2) is 5.82 Å². The van der Waals surface area contributed by atoms with E-state index in [1.54, 1.807) is 11.0 Å². The summed E-state index contributed by atoms with van der Waals surface area (Å²) in [5.74, 6) is 0.0909. The van der Waals surface area contributed by atoms with Crippen LogP contribution in [0.1, 0.15) is 51.9 Å². The van der Waals surface area contributed by atoms with Gasteiger partial charge in [0.05, 0.1) is 12.6 Å². The number of amides is 2. The standard InChI is InChI=1S/C17H27N3O4/c1-2-3-4-5-8-17(22)20(12-14-7-6-10-23-14)13-16(21)18-15-9-11-24-19-15/h9,11,14H,2-8,10,12-13H2,1H3,(H,18,19,21). The average Bonchev–Trinajstić information content (AvgIpc) is 3.24. The van der Waals surface area contributed by atoms with Crippen LogP contribution in [-0.4, -0.2) is 47.7 Å². The summed E-state index contributed by atoms with van der Waals surface area (Å²) >= 11 is 0. The number of nitrogens with zero attached hydrogens (tertiary/aromatic N) is 2. The Morgan fingerprint density at radius 3 is 2.92 bits per heavy atom. The summed E-state index contributed by atoms with van der Waals surface area (Å²) in [4.78, 5) is 26.2. The SMILES string of the molecule is CCCCCCC(=O)N(CC(=O)Nc1ccon1)CC1CCCO1. The van der Waals surface area contributed by atoms with Crippen LogP contribution in [0.3, 0.4) is 0 Å². The lowest BCUT2D eigenvalue weighted by atomic mass is 10.1. The van der Waals surface area contributed by atoms with E-state index in [1.807, 2.05) is 0 Å². The first kappa shape index (κ1) is 18.4. The van der Waals surface area contributed by atoms with Gasteiger partial charge in [0.2, 0.25) is 11.8 Å². The van der Waals surface area contributed by atoms with Crippen molar-refractivity contribution in [3.05, 3.63) is 12.3 Å². The van der Waals surface area contributed by atoms with Crippen molar-refractivity contribution < 1.29 is 18.8 Å². The van der Waals surface area contributed by atoms with Crippen molar-refractivity contribution in [2.24, 2.45) is 0 Å². The lowest BCUT2D eigenvalue weighted by Crippen LogP contribution is -2.42. The summed E-state index contributed by atoms with van der Waals surface area (Å²) in [7, 11) is 0. The van der Waals surface area contributed by atoms with Gasteiger partial charge in [-0.15, -0.1) is 0 Å². The van der Waals surface area contributed by atoms with E-state index in [1.165, 1.54) is 6.26 Å². The zero-order valence-electron chi connectivity index (χ0n) is 14.3. The second-order valence-electron chi connectivity index (χ2n) is 6.15. The van der Waals surface area contributed by atoms with Gasteiger partial charge in [0, 0.05) is 25.6 Å². The molecule has 2 rings (SSSR count). The molecule has 1 unspecified atom stereocenters. The van der Waals surface area contributed by atoms with Gasteiger partial charge in [0.1, 0.15) is 6.26 Å². The van der Waals surface area contributed by atoms with Gasteiger partial charge in [0.25, 0.3) is 0 Å². The summed E-state index contributed by atoms with van der Waals surface area (Å²) in [5.41, 5.74) is 0. The van der Waals surface area contributed by atoms with Gasteiger partial charge in [-0.25, -0.2) is 0 Å². The average molecular weight is 337 g/mol. The van der Waals surface area contributed by atoms with Crippen molar-refractivity contribution in [2.45, 2.75) is 58.0 Å². The van der Waals surface area contributed by atoms with Gasteiger partial charge in [-0.05, 0) is 19.3 Å². The van der Waals surface area contributed by atoms with Crippen LogP contribution >= 0.6 is 0 Å².